The van der Waals surface area contributed by atoms with Crippen molar-refractivity contribution in [2.24, 2.45) is 5.41 Å². The molecular formula is C31H46O4. The number of Topliss-reactive ketones (excluding diaryl/α,β-unsaturated/α-hetero) is 1. The Hall–Kier alpha value is -2.33. The minimum absolute atomic E-state index is 0.0901. The summed E-state index contributed by atoms with van der Waals surface area (Å²) in [5.41, 5.74) is 3.51. The molecule has 194 valence electrons. The Morgan fingerprint density at radius 3 is 1.71 bits per heavy atom. The maximum atomic E-state index is 12.3. The SMILES string of the molecule is CCC(CC)(c1ccc(OCCCC(C)(C)O)c(C)c1)c1ccc(OCC(=O)C(C)(C)C)c(C)c1. The van der Waals surface area contributed by atoms with E-state index in [0.717, 1.165) is 41.9 Å². The summed E-state index contributed by atoms with van der Waals surface area (Å²) in [5.74, 6) is 1.75. The first-order valence-electron chi connectivity index (χ1n) is 13.0. The molecule has 0 saturated heterocycles. The Labute approximate surface area is 213 Å². The van der Waals surface area contributed by atoms with Crippen LogP contribution in [0.5, 0.6) is 11.5 Å². The molecule has 0 unspecified atom stereocenters. The van der Waals surface area contributed by atoms with E-state index in [4.69, 9.17) is 9.47 Å². The highest BCUT2D eigenvalue weighted by atomic mass is 16.5. The number of rotatable bonds is 12. The van der Waals surface area contributed by atoms with Crippen LogP contribution >= 0.6 is 0 Å². The van der Waals surface area contributed by atoms with Gasteiger partial charge in [0, 0.05) is 10.8 Å². The molecule has 0 aliphatic heterocycles. The molecular weight excluding hydrogens is 436 g/mol. The first kappa shape index (κ1) is 28.9. The van der Waals surface area contributed by atoms with Gasteiger partial charge in [0.2, 0.25) is 0 Å². The van der Waals surface area contributed by atoms with E-state index in [0.29, 0.717) is 13.0 Å². The van der Waals surface area contributed by atoms with Crippen LogP contribution in [0.15, 0.2) is 36.4 Å². The van der Waals surface area contributed by atoms with Gasteiger partial charge in [0.05, 0.1) is 12.2 Å². The molecule has 35 heavy (non-hydrogen) atoms. The van der Waals surface area contributed by atoms with Crippen molar-refractivity contribution in [3.8, 4) is 11.5 Å². The number of ketones is 1. The number of hydrogen-bond acceptors (Lipinski definition) is 4. The third-order valence-corrected chi connectivity index (χ3v) is 7.05. The molecule has 0 fully saturated rings. The van der Waals surface area contributed by atoms with E-state index in [2.05, 4.69) is 51.1 Å². The largest absolute Gasteiger partial charge is 0.493 e. The average Bonchev–Trinajstić information content (AvgIpc) is 2.77. The monoisotopic (exact) mass is 482 g/mol. The van der Waals surface area contributed by atoms with E-state index in [1.165, 1.54) is 11.1 Å². The molecule has 1 N–H and O–H groups in total. The van der Waals surface area contributed by atoms with Gasteiger partial charge in [-0.15, -0.1) is 0 Å². The molecule has 2 aromatic rings. The fraction of sp³-hybridized carbons (Fsp3) is 0.581. The number of benzene rings is 2. The van der Waals surface area contributed by atoms with E-state index in [1.807, 2.05) is 47.6 Å². The lowest BCUT2D eigenvalue weighted by atomic mass is 9.70. The highest BCUT2D eigenvalue weighted by Crippen LogP contribution is 2.41. The Morgan fingerprint density at radius 1 is 0.829 bits per heavy atom. The van der Waals surface area contributed by atoms with Crippen molar-refractivity contribution >= 4 is 5.78 Å². The summed E-state index contributed by atoms with van der Waals surface area (Å²) in [6.45, 7) is 18.7. The van der Waals surface area contributed by atoms with E-state index >= 15 is 0 Å². The summed E-state index contributed by atoms with van der Waals surface area (Å²) < 4.78 is 11.9. The Balaban J connectivity index is 2.24. The van der Waals surface area contributed by atoms with Gasteiger partial charge >= 0.3 is 0 Å². The van der Waals surface area contributed by atoms with Gasteiger partial charge in [0.15, 0.2) is 5.78 Å². The second-order valence-corrected chi connectivity index (χ2v) is 11.5. The molecule has 0 heterocycles. The number of ether oxygens (including phenoxy) is 2. The molecule has 0 radical (unpaired) electrons. The Kier molecular flexibility index (Phi) is 9.58. The summed E-state index contributed by atoms with van der Waals surface area (Å²) in [4.78, 5) is 12.3. The van der Waals surface area contributed by atoms with Gasteiger partial charge in [-0.3, -0.25) is 4.79 Å². The zero-order valence-electron chi connectivity index (χ0n) is 23.4. The number of carbonyl (C=O) groups excluding carboxylic acids is 1. The number of aryl methyl sites for hydroxylation is 2. The van der Waals surface area contributed by atoms with Crippen LogP contribution in [0.1, 0.15) is 96.4 Å². The molecule has 4 heteroatoms. The summed E-state index contributed by atoms with van der Waals surface area (Å²) in [6, 6.07) is 12.9. The molecule has 0 aliphatic rings. The smallest absolute Gasteiger partial charge is 0.175 e. The van der Waals surface area contributed by atoms with Crippen molar-refractivity contribution in [2.45, 2.75) is 99.0 Å². The topological polar surface area (TPSA) is 55.8 Å². The van der Waals surface area contributed by atoms with Crippen molar-refractivity contribution in [1.29, 1.82) is 0 Å². The van der Waals surface area contributed by atoms with Gasteiger partial charge in [-0.2, -0.15) is 0 Å². The third kappa shape index (κ3) is 7.57. The summed E-state index contributed by atoms with van der Waals surface area (Å²) in [6.07, 6.45) is 3.46. The van der Waals surface area contributed by atoms with Gasteiger partial charge in [0.25, 0.3) is 0 Å². The second-order valence-electron chi connectivity index (χ2n) is 11.5. The minimum Gasteiger partial charge on any atom is -0.493 e. The van der Waals surface area contributed by atoms with Crippen LogP contribution in [0, 0.1) is 19.3 Å². The van der Waals surface area contributed by atoms with Crippen LogP contribution in [0.2, 0.25) is 0 Å². The lowest BCUT2D eigenvalue weighted by Gasteiger charge is -2.34. The molecule has 0 aromatic heterocycles. The minimum atomic E-state index is -0.662. The second kappa shape index (κ2) is 11.6. The Bertz CT molecular complexity index is 988. The van der Waals surface area contributed by atoms with Crippen LogP contribution in [0.4, 0.5) is 0 Å². The highest BCUT2D eigenvalue weighted by molar-refractivity contribution is 5.85. The zero-order valence-corrected chi connectivity index (χ0v) is 23.4. The maximum Gasteiger partial charge on any atom is 0.175 e. The summed E-state index contributed by atoms with van der Waals surface area (Å²) in [7, 11) is 0. The molecule has 0 amide bonds. The molecule has 0 atom stereocenters. The average molecular weight is 483 g/mol. The lowest BCUT2D eigenvalue weighted by molar-refractivity contribution is -0.128. The first-order valence-corrected chi connectivity index (χ1v) is 13.0. The Morgan fingerprint density at radius 2 is 1.31 bits per heavy atom. The highest BCUT2D eigenvalue weighted by Gasteiger charge is 2.32. The van der Waals surface area contributed by atoms with Gasteiger partial charge in [-0.25, -0.2) is 0 Å². The lowest BCUT2D eigenvalue weighted by Crippen LogP contribution is -2.27. The molecule has 4 nitrogen and oxygen atoms in total. The fourth-order valence-electron chi connectivity index (χ4n) is 4.50. The van der Waals surface area contributed by atoms with Crippen molar-refractivity contribution in [3.63, 3.8) is 0 Å². The van der Waals surface area contributed by atoms with Crippen LogP contribution in [-0.4, -0.2) is 29.7 Å². The normalized spacial score (nSPS) is 12.5. The molecule has 2 aromatic carbocycles. The van der Waals surface area contributed by atoms with Gasteiger partial charge in [0.1, 0.15) is 18.1 Å². The van der Waals surface area contributed by atoms with Crippen LogP contribution in [-0.2, 0) is 10.2 Å². The van der Waals surface area contributed by atoms with Gasteiger partial charge < -0.3 is 14.6 Å². The van der Waals surface area contributed by atoms with Crippen LogP contribution in [0.25, 0.3) is 0 Å². The molecule has 0 aliphatic carbocycles. The van der Waals surface area contributed by atoms with Gasteiger partial charge in [-0.05, 0) is 87.8 Å². The van der Waals surface area contributed by atoms with Crippen molar-refractivity contribution < 1.29 is 19.4 Å². The molecule has 2 rings (SSSR count). The predicted molar refractivity (Wildman–Crippen MR) is 145 cm³/mol. The van der Waals surface area contributed by atoms with E-state index in [-0.39, 0.29) is 17.8 Å². The van der Waals surface area contributed by atoms with Gasteiger partial charge in [-0.1, -0.05) is 58.9 Å². The fourth-order valence-corrected chi connectivity index (χ4v) is 4.50. The van der Waals surface area contributed by atoms with E-state index in [9.17, 15) is 9.90 Å². The zero-order chi connectivity index (χ0) is 26.4. The maximum absolute atomic E-state index is 12.3. The molecule has 0 spiro atoms. The summed E-state index contributed by atoms with van der Waals surface area (Å²) in [5, 5.41) is 9.90. The van der Waals surface area contributed by atoms with Crippen molar-refractivity contribution in [2.75, 3.05) is 13.2 Å². The van der Waals surface area contributed by atoms with Crippen LogP contribution in [0.3, 0.4) is 0 Å². The molecule has 0 bridgehead atoms. The third-order valence-electron chi connectivity index (χ3n) is 7.05. The number of hydrogen-bond donors (Lipinski definition) is 1. The van der Waals surface area contributed by atoms with E-state index < -0.39 is 11.0 Å². The number of carbonyl (C=O) groups is 1. The first-order chi connectivity index (χ1) is 16.2. The van der Waals surface area contributed by atoms with Crippen molar-refractivity contribution in [3.05, 3.63) is 58.7 Å². The van der Waals surface area contributed by atoms with Crippen LogP contribution < -0.4 is 9.47 Å². The van der Waals surface area contributed by atoms with Crippen molar-refractivity contribution in [1.82, 2.24) is 0 Å². The van der Waals surface area contributed by atoms with E-state index in [1.54, 1.807) is 0 Å². The number of aliphatic hydroxyl groups is 1. The predicted octanol–water partition coefficient (Wildman–Crippen LogP) is 7.33. The standard InChI is InChI=1S/C31H46O4/c1-10-31(11-2,24-13-15-26(22(3)19-24)34-18-12-17-30(8,9)33)25-14-16-27(23(4)20-25)35-21-28(32)29(5,6)7/h13-16,19-20,33H,10-12,17-18,21H2,1-9H3. The quantitative estimate of drug-likeness (QED) is 0.322. The molecule has 0 saturated carbocycles. The summed E-state index contributed by atoms with van der Waals surface area (Å²) >= 11 is 0.